The number of carboxylic acid groups (broad SMARTS) is 2. The van der Waals surface area contributed by atoms with Crippen molar-refractivity contribution in [2.75, 3.05) is 0 Å². The Morgan fingerprint density at radius 3 is 2.06 bits per heavy atom. The smallest absolute Gasteiger partial charge is 0.317 e. The summed E-state index contributed by atoms with van der Waals surface area (Å²) >= 11 is 0. The zero-order valence-electron chi connectivity index (χ0n) is 9.25. The second kappa shape index (κ2) is 5.57. The molecule has 18 heavy (non-hydrogen) atoms. The number of rotatable bonds is 2. The van der Waals surface area contributed by atoms with Crippen molar-refractivity contribution in [2.24, 2.45) is 5.92 Å². The van der Waals surface area contributed by atoms with Crippen molar-refractivity contribution in [1.82, 2.24) is 19.9 Å². The van der Waals surface area contributed by atoms with Crippen LogP contribution in [0, 0.1) is 5.92 Å². The number of H-pyrrole nitrogens is 2. The van der Waals surface area contributed by atoms with Crippen molar-refractivity contribution in [3.8, 4) is 0 Å². The topological polar surface area (TPSA) is 149 Å². The SMILES string of the molecule is CC(C(=O)O)C(=O)O.O=c1[nH]cnc2nc[nH]c12. The Hall–Kier alpha value is -2.71. The normalized spacial score (nSPS) is 9.89. The van der Waals surface area contributed by atoms with Gasteiger partial charge in [-0.3, -0.25) is 14.4 Å². The van der Waals surface area contributed by atoms with Gasteiger partial charge >= 0.3 is 11.9 Å². The molecule has 0 radical (unpaired) electrons. The van der Waals surface area contributed by atoms with E-state index >= 15 is 0 Å². The summed E-state index contributed by atoms with van der Waals surface area (Å²) in [7, 11) is 0. The number of carboxylic acids is 2. The quantitative estimate of drug-likeness (QED) is 0.524. The summed E-state index contributed by atoms with van der Waals surface area (Å²) in [4.78, 5) is 43.1. The molecule has 0 aliphatic carbocycles. The molecule has 2 heterocycles. The lowest BCUT2D eigenvalue weighted by atomic mass is 10.2. The maximum absolute atomic E-state index is 10.9. The van der Waals surface area contributed by atoms with Crippen LogP contribution in [-0.2, 0) is 9.59 Å². The first-order valence-corrected chi connectivity index (χ1v) is 4.76. The fourth-order valence-corrected chi connectivity index (χ4v) is 0.882. The summed E-state index contributed by atoms with van der Waals surface area (Å²) in [5.41, 5.74) is 0.675. The minimum atomic E-state index is -1.31. The van der Waals surface area contributed by atoms with E-state index in [0.29, 0.717) is 11.2 Å². The van der Waals surface area contributed by atoms with Crippen LogP contribution in [0.25, 0.3) is 11.2 Å². The van der Waals surface area contributed by atoms with Gasteiger partial charge in [-0.1, -0.05) is 0 Å². The number of carbonyl (C=O) groups is 2. The average Bonchev–Trinajstić information content (AvgIpc) is 2.78. The minimum absolute atomic E-state index is 0.192. The molecule has 96 valence electrons. The molecule has 0 aromatic carbocycles. The number of hydrogen-bond acceptors (Lipinski definition) is 5. The summed E-state index contributed by atoms with van der Waals surface area (Å²) in [5, 5.41) is 15.9. The highest BCUT2D eigenvalue weighted by atomic mass is 16.4. The Morgan fingerprint density at radius 1 is 1.17 bits per heavy atom. The molecule has 2 rings (SSSR count). The zero-order chi connectivity index (χ0) is 13.7. The molecule has 0 atom stereocenters. The molecule has 0 fully saturated rings. The molecule has 0 amide bonds. The molecular formula is C9H10N4O5. The summed E-state index contributed by atoms with van der Waals surface area (Å²) in [6.45, 7) is 1.12. The second-order valence-corrected chi connectivity index (χ2v) is 3.23. The van der Waals surface area contributed by atoms with Crippen molar-refractivity contribution >= 4 is 23.1 Å². The molecule has 0 bridgehead atoms. The minimum Gasteiger partial charge on any atom is -0.481 e. The van der Waals surface area contributed by atoms with Crippen molar-refractivity contribution in [1.29, 1.82) is 0 Å². The van der Waals surface area contributed by atoms with E-state index in [9.17, 15) is 14.4 Å². The third-order valence-corrected chi connectivity index (χ3v) is 1.97. The molecule has 9 heteroatoms. The molecule has 2 aromatic rings. The van der Waals surface area contributed by atoms with Crippen LogP contribution in [0.5, 0.6) is 0 Å². The molecule has 4 N–H and O–H groups in total. The molecule has 0 saturated heterocycles. The van der Waals surface area contributed by atoms with E-state index < -0.39 is 17.9 Å². The molecule has 0 spiro atoms. The van der Waals surface area contributed by atoms with E-state index in [4.69, 9.17) is 10.2 Å². The lowest BCUT2D eigenvalue weighted by Crippen LogP contribution is -2.19. The van der Waals surface area contributed by atoms with Crippen LogP contribution in [0.15, 0.2) is 17.4 Å². The number of imidazole rings is 1. The van der Waals surface area contributed by atoms with Crippen LogP contribution in [0.4, 0.5) is 0 Å². The lowest BCUT2D eigenvalue weighted by Gasteiger charge is -1.94. The van der Waals surface area contributed by atoms with Crippen LogP contribution in [0.1, 0.15) is 6.92 Å². The molecule has 2 aromatic heterocycles. The fourth-order valence-electron chi connectivity index (χ4n) is 0.882. The molecule has 0 saturated carbocycles. The standard InChI is InChI=1S/C5H4N4O.C4H6O4/c10-5-3-4(7-1-6-3)8-2-9-5;1-2(3(5)6)4(7)8/h1-2H,(H2,6,7,8,9,10);2H,1H3,(H,5,6)(H,7,8). The predicted octanol–water partition coefficient (Wildman–Crippen LogP) is -0.562. The molecule has 0 aliphatic heterocycles. The van der Waals surface area contributed by atoms with Gasteiger partial charge in [-0.15, -0.1) is 0 Å². The Labute approximate surface area is 99.5 Å². The lowest BCUT2D eigenvalue weighted by molar-refractivity contribution is -0.153. The van der Waals surface area contributed by atoms with Gasteiger partial charge in [-0.05, 0) is 6.92 Å². The van der Waals surface area contributed by atoms with Gasteiger partial charge in [0, 0.05) is 0 Å². The first-order valence-electron chi connectivity index (χ1n) is 4.76. The first kappa shape index (κ1) is 13.4. The highest BCUT2D eigenvalue weighted by molar-refractivity contribution is 5.92. The van der Waals surface area contributed by atoms with E-state index in [0.717, 1.165) is 6.92 Å². The van der Waals surface area contributed by atoms with E-state index in [2.05, 4.69) is 19.9 Å². The molecular weight excluding hydrogens is 244 g/mol. The summed E-state index contributed by atoms with van der Waals surface area (Å²) in [5.74, 6) is -3.91. The van der Waals surface area contributed by atoms with Gasteiger partial charge in [0.25, 0.3) is 5.56 Å². The Bertz CT molecular complexity index is 602. The van der Waals surface area contributed by atoms with Gasteiger partial charge in [0.1, 0.15) is 0 Å². The summed E-state index contributed by atoms with van der Waals surface area (Å²) < 4.78 is 0. The number of fused-ring (bicyclic) bond motifs is 1. The van der Waals surface area contributed by atoms with Crippen molar-refractivity contribution in [2.45, 2.75) is 6.92 Å². The van der Waals surface area contributed by atoms with Crippen molar-refractivity contribution in [3.63, 3.8) is 0 Å². The summed E-state index contributed by atoms with van der Waals surface area (Å²) in [6, 6.07) is 0. The van der Waals surface area contributed by atoms with Crippen LogP contribution in [0.2, 0.25) is 0 Å². The number of hydrogen-bond donors (Lipinski definition) is 4. The average molecular weight is 254 g/mol. The van der Waals surface area contributed by atoms with Gasteiger partial charge in [0.2, 0.25) is 0 Å². The monoisotopic (exact) mass is 254 g/mol. The van der Waals surface area contributed by atoms with Gasteiger partial charge in [0.05, 0.1) is 12.7 Å². The highest BCUT2D eigenvalue weighted by Gasteiger charge is 2.18. The van der Waals surface area contributed by atoms with Crippen LogP contribution >= 0.6 is 0 Å². The number of aromatic amines is 2. The molecule has 9 nitrogen and oxygen atoms in total. The van der Waals surface area contributed by atoms with E-state index in [1.165, 1.54) is 12.7 Å². The Kier molecular flexibility index (Phi) is 4.13. The van der Waals surface area contributed by atoms with Crippen LogP contribution < -0.4 is 5.56 Å². The van der Waals surface area contributed by atoms with E-state index in [1.54, 1.807) is 0 Å². The third-order valence-electron chi connectivity index (χ3n) is 1.97. The van der Waals surface area contributed by atoms with Crippen LogP contribution in [-0.4, -0.2) is 42.1 Å². The summed E-state index contributed by atoms with van der Waals surface area (Å²) in [6.07, 6.45) is 2.76. The largest absolute Gasteiger partial charge is 0.481 e. The number of aliphatic carboxylic acids is 2. The van der Waals surface area contributed by atoms with Crippen molar-refractivity contribution in [3.05, 3.63) is 23.0 Å². The zero-order valence-corrected chi connectivity index (χ0v) is 9.25. The third kappa shape index (κ3) is 3.14. The Balaban J connectivity index is 0.000000187. The maximum Gasteiger partial charge on any atom is 0.317 e. The number of nitrogens with zero attached hydrogens (tertiary/aromatic N) is 2. The molecule has 0 unspecified atom stereocenters. The Morgan fingerprint density at radius 2 is 1.67 bits per heavy atom. The number of nitrogens with one attached hydrogen (secondary N) is 2. The van der Waals surface area contributed by atoms with Crippen LogP contribution in [0.3, 0.4) is 0 Å². The highest BCUT2D eigenvalue weighted by Crippen LogP contribution is 1.94. The maximum atomic E-state index is 10.9. The van der Waals surface area contributed by atoms with Gasteiger partial charge in [-0.25, -0.2) is 9.97 Å². The predicted molar refractivity (Wildman–Crippen MR) is 58.9 cm³/mol. The van der Waals surface area contributed by atoms with Gasteiger partial charge in [-0.2, -0.15) is 0 Å². The van der Waals surface area contributed by atoms with Crippen molar-refractivity contribution < 1.29 is 19.8 Å². The van der Waals surface area contributed by atoms with Gasteiger partial charge < -0.3 is 20.2 Å². The van der Waals surface area contributed by atoms with Gasteiger partial charge in [0.15, 0.2) is 17.1 Å². The van der Waals surface area contributed by atoms with E-state index in [1.807, 2.05) is 0 Å². The molecule has 0 aliphatic rings. The fraction of sp³-hybridized carbons (Fsp3) is 0.222. The second-order valence-electron chi connectivity index (χ2n) is 3.23. The number of aromatic nitrogens is 4. The van der Waals surface area contributed by atoms with E-state index in [-0.39, 0.29) is 5.56 Å². The first-order chi connectivity index (χ1) is 8.43.